The van der Waals surface area contributed by atoms with Crippen LogP contribution in [0.5, 0.6) is 0 Å². The monoisotopic (exact) mass is 364 g/mol. The summed E-state index contributed by atoms with van der Waals surface area (Å²) in [5.41, 5.74) is 3.94. The third-order valence-electron chi connectivity index (χ3n) is 4.74. The summed E-state index contributed by atoms with van der Waals surface area (Å²) < 4.78 is 0. The number of anilines is 1. The number of rotatable bonds is 5. The highest BCUT2D eigenvalue weighted by Crippen LogP contribution is 2.26. The fourth-order valence-electron chi connectivity index (χ4n) is 3.19. The fourth-order valence-corrected chi connectivity index (χ4v) is 3.19. The van der Waals surface area contributed by atoms with Gasteiger partial charge in [0.15, 0.2) is 5.78 Å². The lowest BCUT2D eigenvalue weighted by Crippen LogP contribution is -2.27. The normalized spacial score (nSPS) is 12.8. The molecule has 0 aromatic heterocycles. The van der Waals surface area contributed by atoms with Crippen LogP contribution in [0.15, 0.2) is 36.4 Å². The zero-order valence-corrected chi connectivity index (χ0v) is 15.9. The second-order valence-corrected chi connectivity index (χ2v) is 7.34. The number of benzene rings is 2. The molecule has 0 atom stereocenters. The Balaban J connectivity index is 1.82. The first kappa shape index (κ1) is 18.8. The molecule has 1 aliphatic carbocycles. The van der Waals surface area contributed by atoms with E-state index in [0.29, 0.717) is 47.7 Å². The van der Waals surface area contributed by atoms with E-state index in [1.165, 1.54) is 0 Å². The van der Waals surface area contributed by atoms with Crippen LogP contribution in [-0.4, -0.2) is 24.1 Å². The van der Waals surface area contributed by atoms with E-state index in [4.69, 9.17) is 0 Å². The van der Waals surface area contributed by atoms with Crippen LogP contribution in [0.25, 0.3) is 0 Å². The van der Waals surface area contributed by atoms with E-state index in [9.17, 15) is 14.4 Å². The van der Waals surface area contributed by atoms with Crippen LogP contribution in [0, 0.1) is 12.8 Å². The molecule has 0 heterocycles. The SMILES string of the molecule is Cc1ccc(C(=O)NCC(C)C)cc1NC(=O)c1cccc2c1CCC2=O. The molecule has 1 aliphatic rings. The molecule has 0 spiro atoms. The summed E-state index contributed by atoms with van der Waals surface area (Å²) in [5, 5.41) is 5.78. The van der Waals surface area contributed by atoms with Crippen LogP contribution >= 0.6 is 0 Å². The predicted octanol–water partition coefficient (Wildman–Crippen LogP) is 3.76. The van der Waals surface area contributed by atoms with Gasteiger partial charge in [0, 0.05) is 35.3 Å². The van der Waals surface area contributed by atoms with Gasteiger partial charge in [0.1, 0.15) is 0 Å². The topological polar surface area (TPSA) is 75.3 Å². The van der Waals surface area contributed by atoms with Crippen molar-refractivity contribution in [3.05, 3.63) is 64.2 Å². The quantitative estimate of drug-likeness (QED) is 0.848. The Morgan fingerprint density at radius 1 is 1.07 bits per heavy atom. The minimum absolute atomic E-state index is 0.0830. The fraction of sp³-hybridized carbons (Fsp3) is 0.318. The van der Waals surface area contributed by atoms with E-state index < -0.39 is 0 Å². The van der Waals surface area contributed by atoms with Crippen molar-refractivity contribution >= 4 is 23.3 Å². The van der Waals surface area contributed by atoms with Gasteiger partial charge in [-0.15, -0.1) is 0 Å². The van der Waals surface area contributed by atoms with Gasteiger partial charge in [-0.2, -0.15) is 0 Å². The number of carbonyl (C=O) groups is 3. The molecule has 0 aliphatic heterocycles. The highest BCUT2D eigenvalue weighted by atomic mass is 16.2. The van der Waals surface area contributed by atoms with Crippen molar-refractivity contribution in [3.63, 3.8) is 0 Å². The predicted molar refractivity (Wildman–Crippen MR) is 105 cm³/mol. The molecule has 0 unspecified atom stereocenters. The maximum absolute atomic E-state index is 12.8. The van der Waals surface area contributed by atoms with Crippen molar-refractivity contribution in [2.45, 2.75) is 33.6 Å². The van der Waals surface area contributed by atoms with Gasteiger partial charge in [-0.25, -0.2) is 0 Å². The molecule has 140 valence electrons. The van der Waals surface area contributed by atoms with Gasteiger partial charge >= 0.3 is 0 Å². The standard InChI is InChI=1S/C22H24N2O3/c1-13(2)12-23-21(26)15-8-7-14(3)19(11-15)24-22(27)18-6-4-5-17-16(18)9-10-20(17)25/h4-8,11,13H,9-10,12H2,1-3H3,(H,23,26)(H,24,27). The maximum atomic E-state index is 12.8. The molecule has 2 amide bonds. The van der Waals surface area contributed by atoms with Crippen molar-refractivity contribution in [2.24, 2.45) is 5.92 Å². The van der Waals surface area contributed by atoms with E-state index in [1.807, 2.05) is 26.8 Å². The summed E-state index contributed by atoms with van der Waals surface area (Å²) in [6, 6.07) is 10.5. The molecule has 0 fully saturated rings. The molecular formula is C22H24N2O3. The number of amides is 2. The van der Waals surface area contributed by atoms with Crippen LogP contribution in [0.2, 0.25) is 0 Å². The van der Waals surface area contributed by atoms with Gasteiger partial charge in [0.25, 0.3) is 11.8 Å². The summed E-state index contributed by atoms with van der Waals surface area (Å²) in [4.78, 5) is 37.0. The number of carbonyl (C=O) groups excluding carboxylic acids is 3. The van der Waals surface area contributed by atoms with Crippen molar-refractivity contribution in [1.82, 2.24) is 5.32 Å². The number of hydrogen-bond acceptors (Lipinski definition) is 3. The highest BCUT2D eigenvalue weighted by Gasteiger charge is 2.24. The largest absolute Gasteiger partial charge is 0.352 e. The van der Waals surface area contributed by atoms with Crippen molar-refractivity contribution in [1.29, 1.82) is 0 Å². The van der Waals surface area contributed by atoms with Crippen LogP contribution < -0.4 is 10.6 Å². The summed E-state index contributed by atoms with van der Waals surface area (Å²) in [7, 11) is 0. The zero-order chi connectivity index (χ0) is 19.6. The molecule has 0 saturated carbocycles. The lowest BCUT2D eigenvalue weighted by atomic mass is 10.0. The molecule has 27 heavy (non-hydrogen) atoms. The van der Waals surface area contributed by atoms with E-state index in [-0.39, 0.29) is 17.6 Å². The number of fused-ring (bicyclic) bond motifs is 1. The van der Waals surface area contributed by atoms with Crippen molar-refractivity contribution < 1.29 is 14.4 Å². The summed E-state index contributed by atoms with van der Waals surface area (Å²) in [5.74, 6) is 0.0240. The van der Waals surface area contributed by atoms with Crippen LogP contribution in [-0.2, 0) is 6.42 Å². The lowest BCUT2D eigenvalue weighted by Gasteiger charge is -2.13. The number of aryl methyl sites for hydroxylation is 1. The zero-order valence-electron chi connectivity index (χ0n) is 15.9. The average Bonchev–Trinajstić information content (AvgIpc) is 3.02. The smallest absolute Gasteiger partial charge is 0.255 e. The van der Waals surface area contributed by atoms with Gasteiger partial charge in [-0.3, -0.25) is 14.4 Å². The summed E-state index contributed by atoms with van der Waals surface area (Å²) in [6.07, 6.45) is 1.04. The Hall–Kier alpha value is -2.95. The second kappa shape index (κ2) is 7.74. The Morgan fingerprint density at radius 2 is 1.85 bits per heavy atom. The second-order valence-electron chi connectivity index (χ2n) is 7.34. The minimum Gasteiger partial charge on any atom is -0.352 e. The first-order chi connectivity index (χ1) is 12.9. The molecule has 0 radical (unpaired) electrons. The Kier molecular flexibility index (Phi) is 5.40. The highest BCUT2D eigenvalue weighted by molar-refractivity contribution is 6.10. The average molecular weight is 364 g/mol. The van der Waals surface area contributed by atoms with Crippen molar-refractivity contribution in [3.8, 4) is 0 Å². The van der Waals surface area contributed by atoms with Gasteiger partial charge in [-0.05, 0) is 48.6 Å². The van der Waals surface area contributed by atoms with Gasteiger partial charge in [0.05, 0.1) is 0 Å². The van der Waals surface area contributed by atoms with E-state index in [2.05, 4.69) is 10.6 Å². The minimum atomic E-state index is -0.260. The molecule has 2 aromatic carbocycles. The lowest BCUT2D eigenvalue weighted by molar-refractivity contribution is 0.0946. The molecule has 0 saturated heterocycles. The summed E-state index contributed by atoms with van der Waals surface area (Å²) >= 11 is 0. The Morgan fingerprint density at radius 3 is 2.59 bits per heavy atom. The third kappa shape index (κ3) is 4.08. The van der Waals surface area contributed by atoms with E-state index >= 15 is 0 Å². The Labute approximate surface area is 159 Å². The van der Waals surface area contributed by atoms with Crippen molar-refractivity contribution in [2.75, 3.05) is 11.9 Å². The molecule has 5 heteroatoms. The van der Waals surface area contributed by atoms with E-state index in [1.54, 1.807) is 30.3 Å². The first-order valence-corrected chi connectivity index (χ1v) is 9.22. The molecule has 2 aromatic rings. The molecule has 3 rings (SSSR count). The van der Waals surface area contributed by atoms with Gasteiger partial charge < -0.3 is 10.6 Å². The number of Topliss-reactive ketones (excluding diaryl/α,β-unsaturated/α-hetero) is 1. The van der Waals surface area contributed by atoms with E-state index in [0.717, 1.165) is 11.1 Å². The first-order valence-electron chi connectivity index (χ1n) is 9.22. The number of ketones is 1. The van der Waals surface area contributed by atoms with Gasteiger partial charge in [0.2, 0.25) is 0 Å². The third-order valence-corrected chi connectivity index (χ3v) is 4.74. The van der Waals surface area contributed by atoms with Crippen LogP contribution in [0.1, 0.15) is 62.5 Å². The number of nitrogens with one attached hydrogen (secondary N) is 2. The summed E-state index contributed by atoms with van der Waals surface area (Å²) in [6.45, 7) is 6.54. The molecule has 2 N–H and O–H groups in total. The van der Waals surface area contributed by atoms with Crippen LogP contribution in [0.3, 0.4) is 0 Å². The van der Waals surface area contributed by atoms with Gasteiger partial charge in [-0.1, -0.05) is 32.0 Å². The molecular weight excluding hydrogens is 340 g/mol. The number of hydrogen-bond donors (Lipinski definition) is 2. The molecule has 5 nitrogen and oxygen atoms in total. The maximum Gasteiger partial charge on any atom is 0.255 e. The molecule has 0 bridgehead atoms. The van der Waals surface area contributed by atoms with Crippen LogP contribution in [0.4, 0.5) is 5.69 Å². The Bertz CT molecular complexity index is 916.